The molecule has 0 radical (unpaired) electrons. The van der Waals surface area contributed by atoms with Crippen LogP contribution in [0, 0.1) is 5.41 Å². The molecule has 1 aliphatic carbocycles. The van der Waals surface area contributed by atoms with Crippen LogP contribution in [0.5, 0.6) is 0 Å². The lowest BCUT2D eigenvalue weighted by molar-refractivity contribution is -0.136. The summed E-state index contributed by atoms with van der Waals surface area (Å²) in [6.45, 7) is 10.8. The molecular weight excluding hydrogens is 390 g/mol. The highest BCUT2D eigenvalue weighted by molar-refractivity contribution is 5.79. The number of hydrogen-bond donors (Lipinski definition) is 2. The van der Waals surface area contributed by atoms with Gasteiger partial charge in [0, 0.05) is 13.0 Å². The first-order chi connectivity index (χ1) is 14.9. The molecule has 0 bridgehead atoms. The van der Waals surface area contributed by atoms with E-state index < -0.39 is 12.1 Å². The number of carboxylic acid groups (broad SMARTS) is 1. The highest BCUT2D eigenvalue weighted by Gasteiger charge is 2.38. The van der Waals surface area contributed by atoms with Crippen molar-refractivity contribution in [2.75, 3.05) is 6.54 Å². The number of aliphatic hydroxyl groups is 1. The van der Waals surface area contributed by atoms with E-state index in [0.717, 1.165) is 36.8 Å². The second-order valence-electron chi connectivity index (χ2n) is 8.17. The Morgan fingerprint density at radius 1 is 1.16 bits per heavy atom. The predicted molar refractivity (Wildman–Crippen MR) is 126 cm³/mol. The minimum absolute atomic E-state index is 0.00163. The van der Waals surface area contributed by atoms with Crippen LogP contribution in [0.3, 0.4) is 0 Å². The molecule has 1 aliphatic heterocycles. The van der Waals surface area contributed by atoms with E-state index in [2.05, 4.69) is 6.92 Å². The molecule has 1 amide bonds. The van der Waals surface area contributed by atoms with Gasteiger partial charge in [0.25, 0.3) is 0 Å². The van der Waals surface area contributed by atoms with Gasteiger partial charge in [0.05, 0.1) is 18.6 Å². The van der Waals surface area contributed by atoms with Crippen LogP contribution in [0.1, 0.15) is 77.8 Å². The lowest BCUT2D eigenvalue weighted by Crippen LogP contribution is -2.38. The maximum atomic E-state index is 12.3. The number of benzene rings is 1. The molecule has 3 rings (SSSR count). The van der Waals surface area contributed by atoms with Crippen molar-refractivity contribution in [1.29, 1.82) is 0 Å². The van der Waals surface area contributed by atoms with Gasteiger partial charge in [0.2, 0.25) is 5.91 Å². The van der Waals surface area contributed by atoms with E-state index >= 15 is 0 Å². The van der Waals surface area contributed by atoms with Crippen molar-refractivity contribution in [2.45, 2.75) is 91.7 Å². The molecule has 2 aliphatic rings. The summed E-state index contributed by atoms with van der Waals surface area (Å²) in [7, 11) is 0. The number of amides is 1. The third-order valence-electron chi connectivity index (χ3n) is 6.12. The van der Waals surface area contributed by atoms with Gasteiger partial charge in [-0.15, -0.1) is 0 Å². The minimum Gasteiger partial charge on any atom is -0.481 e. The number of rotatable bonds is 8. The average Bonchev–Trinajstić information content (AvgIpc) is 3.11. The Morgan fingerprint density at radius 2 is 1.74 bits per heavy atom. The van der Waals surface area contributed by atoms with Crippen molar-refractivity contribution in [3.05, 3.63) is 47.5 Å². The lowest BCUT2D eigenvalue weighted by atomic mass is 9.66. The summed E-state index contributed by atoms with van der Waals surface area (Å²) in [5, 5.41) is 19.2. The molecule has 5 heteroatoms. The van der Waals surface area contributed by atoms with Gasteiger partial charge < -0.3 is 15.1 Å². The van der Waals surface area contributed by atoms with Crippen molar-refractivity contribution < 1.29 is 19.8 Å². The normalized spacial score (nSPS) is 20.3. The molecule has 31 heavy (non-hydrogen) atoms. The molecule has 1 heterocycles. The Morgan fingerprint density at radius 3 is 2.26 bits per heavy atom. The van der Waals surface area contributed by atoms with Crippen molar-refractivity contribution in [1.82, 2.24) is 4.90 Å². The first kappa shape index (κ1) is 26.9. The van der Waals surface area contributed by atoms with Gasteiger partial charge in [-0.05, 0) is 42.2 Å². The topological polar surface area (TPSA) is 77.8 Å². The first-order valence-electron chi connectivity index (χ1n) is 11.8. The van der Waals surface area contributed by atoms with Crippen LogP contribution in [0.25, 0.3) is 0 Å². The van der Waals surface area contributed by atoms with E-state index in [-0.39, 0.29) is 23.8 Å². The van der Waals surface area contributed by atoms with E-state index in [9.17, 15) is 14.7 Å². The SMILES string of the molecule is CC.CC.CC1(C(O)/C=C/C2CCC(=O)N2CCc2ccc(CC(=O)O)cc2)CCC1. The Bertz CT molecular complexity index is 707. The standard InChI is InChI=1S/C22H29NO4.2C2H6/c1-22(12-2-13-22)19(24)9-7-18-8-10-20(25)23(18)14-11-16-3-5-17(6-4-16)15-21(26)27;2*1-2/h3-7,9,18-19,24H,2,8,10-15H2,1H3,(H,26,27);2*1-2H3/b9-7+;;. The smallest absolute Gasteiger partial charge is 0.307 e. The van der Waals surface area contributed by atoms with Gasteiger partial charge in [-0.3, -0.25) is 9.59 Å². The maximum absolute atomic E-state index is 12.3. The number of carbonyl (C=O) groups excluding carboxylic acids is 1. The molecule has 2 unspecified atom stereocenters. The summed E-state index contributed by atoms with van der Waals surface area (Å²) in [6.07, 6.45) is 8.88. The molecule has 1 aromatic rings. The van der Waals surface area contributed by atoms with Crippen molar-refractivity contribution >= 4 is 11.9 Å². The van der Waals surface area contributed by atoms with E-state index in [1.807, 2.05) is 69.0 Å². The monoisotopic (exact) mass is 431 g/mol. The van der Waals surface area contributed by atoms with Crippen molar-refractivity contribution in [2.24, 2.45) is 5.41 Å². The van der Waals surface area contributed by atoms with Crippen LogP contribution in [0.15, 0.2) is 36.4 Å². The van der Waals surface area contributed by atoms with Gasteiger partial charge in [0.15, 0.2) is 0 Å². The number of hydrogen-bond acceptors (Lipinski definition) is 3. The fourth-order valence-electron chi connectivity index (χ4n) is 3.99. The molecular formula is C26H41NO4. The zero-order chi connectivity index (χ0) is 23.4. The highest BCUT2D eigenvalue weighted by atomic mass is 16.4. The third kappa shape index (κ3) is 7.80. The van der Waals surface area contributed by atoms with Gasteiger partial charge in [-0.25, -0.2) is 0 Å². The van der Waals surface area contributed by atoms with Crippen LogP contribution in [-0.4, -0.2) is 45.7 Å². The molecule has 174 valence electrons. The molecule has 5 nitrogen and oxygen atoms in total. The summed E-state index contributed by atoms with van der Waals surface area (Å²) in [6, 6.07) is 7.60. The number of carbonyl (C=O) groups is 2. The first-order valence-corrected chi connectivity index (χ1v) is 11.8. The summed E-state index contributed by atoms with van der Waals surface area (Å²) >= 11 is 0. The fourth-order valence-corrected chi connectivity index (χ4v) is 3.99. The second kappa shape index (κ2) is 13.3. The summed E-state index contributed by atoms with van der Waals surface area (Å²) in [4.78, 5) is 24.9. The minimum atomic E-state index is -0.835. The number of carboxylic acids is 1. The van der Waals surface area contributed by atoms with Crippen molar-refractivity contribution in [3.63, 3.8) is 0 Å². The fraction of sp³-hybridized carbons (Fsp3) is 0.615. The van der Waals surface area contributed by atoms with Crippen LogP contribution in [-0.2, 0) is 22.4 Å². The molecule has 2 atom stereocenters. The van der Waals surface area contributed by atoms with Gasteiger partial charge in [-0.1, -0.05) is 77.5 Å². The lowest BCUT2D eigenvalue weighted by Gasteiger charge is -2.41. The molecule has 2 N–H and O–H groups in total. The van der Waals surface area contributed by atoms with Gasteiger partial charge in [-0.2, -0.15) is 0 Å². The van der Waals surface area contributed by atoms with E-state index in [1.54, 1.807) is 0 Å². The molecule has 2 fully saturated rings. The Hall–Kier alpha value is -2.14. The number of aliphatic hydroxyl groups excluding tert-OH is 1. The Balaban J connectivity index is 0.00000113. The van der Waals surface area contributed by atoms with E-state index in [4.69, 9.17) is 5.11 Å². The van der Waals surface area contributed by atoms with E-state index in [0.29, 0.717) is 13.0 Å². The predicted octanol–water partition coefficient (Wildman–Crippen LogP) is 5.01. The van der Waals surface area contributed by atoms with Crippen LogP contribution in [0.2, 0.25) is 0 Å². The van der Waals surface area contributed by atoms with Crippen molar-refractivity contribution in [3.8, 4) is 0 Å². The van der Waals surface area contributed by atoms with Crippen LogP contribution >= 0.6 is 0 Å². The Kier molecular flexibility index (Phi) is 11.5. The summed E-state index contributed by atoms with van der Waals surface area (Å²) in [5.41, 5.74) is 1.87. The molecule has 0 aromatic heterocycles. The quantitative estimate of drug-likeness (QED) is 0.567. The zero-order valence-electron chi connectivity index (χ0n) is 19.9. The van der Waals surface area contributed by atoms with E-state index in [1.165, 1.54) is 6.42 Å². The second-order valence-corrected chi connectivity index (χ2v) is 8.17. The highest BCUT2D eigenvalue weighted by Crippen LogP contribution is 2.43. The average molecular weight is 432 g/mol. The molecule has 1 aromatic carbocycles. The van der Waals surface area contributed by atoms with Gasteiger partial charge in [0.1, 0.15) is 0 Å². The molecule has 1 saturated heterocycles. The zero-order valence-corrected chi connectivity index (χ0v) is 19.9. The number of nitrogens with zero attached hydrogens (tertiary/aromatic N) is 1. The largest absolute Gasteiger partial charge is 0.481 e. The Labute approximate surface area is 188 Å². The summed E-state index contributed by atoms with van der Waals surface area (Å²) < 4.78 is 0. The third-order valence-corrected chi connectivity index (χ3v) is 6.12. The number of likely N-dealkylation sites (tertiary alicyclic amines) is 1. The maximum Gasteiger partial charge on any atom is 0.307 e. The van der Waals surface area contributed by atoms with Crippen LogP contribution in [0.4, 0.5) is 0 Å². The summed E-state index contributed by atoms with van der Waals surface area (Å²) in [5.74, 6) is -0.672. The molecule has 0 spiro atoms. The molecule has 1 saturated carbocycles. The van der Waals surface area contributed by atoms with Gasteiger partial charge >= 0.3 is 5.97 Å². The van der Waals surface area contributed by atoms with Crippen LogP contribution < -0.4 is 0 Å². The number of aliphatic carboxylic acids is 1.